The number of carbonyl (C=O) groups excluding carboxylic acids is 1. The average Bonchev–Trinajstić information content (AvgIpc) is 3.27. The molecule has 3 N–H and O–H groups in total. The number of likely N-dealkylation sites (tertiary alicyclic amines) is 1. The van der Waals surface area contributed by atoms with Crippen molar-refractivity contribution in [3.63, 3.8) is 0 Å². The summed E-state index contributed by atoms with van der Waals surface area (Å²) in [7, 11) is 2.08. The third-order valence-electron chi connectivity index (χ3n) is 4.81. The predicted octanol–water partition coefficient (Wildman–Crippen LogP) is 1.97. The lowest BCUT2D eigenvalue weighted by Gasteiger charge is -2.30. The summed E-state index contributed by atoms with van der Waals surface area (Å²) in [4.78, 5) is 22.7. The maximum absolute atomic E-state index is 12.7. The van der Waals surface area contributed by atoms with E-state index in [0.29, 0.717) is 22.5 Å². The van der Waals surface area contributed by atoms with Gasteiger partial charge in [0.1, 0.15) is 17.1 Å². The fourth-order valence-electron chi connectivity index (χ4n) is 3.38. The number of aromatic nitrogens is 2. The highest BCUT2D eigenvalue weighted by Crippen LogP contribution is 2.40. The molecule has 0 bridgehead atoms. The molecule has 1 atom stereocenters. The first-order valence-electron chi connectivity index (χ1n) is 8.33. The molecule has 1 aliphatic carbocycles. The minimum absolute atomic E-state index is 0.0960. The summed E-state index contributed by atoms with van der Waals surface area (Å²) in [5, 5.41) is 13.1. The number of likely N-dealkylation sites (N-methyl/N-ethyl adjacent to an activating group) is 1. The number of nitrogens with zero attached hydrogens (tertiary/aromatic N) is 2. The largest absolute Gasteiger partial charge is 0.506 e. The zero-order valence-corrected chi connectivity index (χ0v) is 13.3. The second kappa shape index (κ2) is 5.53. The van der Waals surface area contributed by atoms with Crippen molar-refractivity contribution in [2.75, 3.05) is 20.1 Å². The SMILES string of the molecule is CN1CCCC(NC(=O)c2ccc(O)c3nc(C4CC4)[nH]c23)C1. The number of rotatable bonds is 3. The van der Waals surface area contributed by atoms with Crippen LogP contribution in [0.5, 0.6) is 5.75 Å². The number of amides is 1. The van der Waals surface area contributed by atoms with Crippen molar-refractivity contribution in [3.05, 3.63) is 23.5 Å². The first kappa shape index (κ1) is 14.5. The summed E-state index contributed by atoms with van der Waals surface area (Å²) >= 11 is 0. The molecule has 2 aliphatic rings. The number of imidazole rings is 1. The fraction of sp³-hybridized carbons (Fsp3) is 0.529. The number of phenols is 1. The molecule has 1 aromatic heterocycles. The van der Waals surface area contributed by atoms with E-state index in [1.807, 2.05) is 0 Å². The Morgan fingerprint density at radius 3 is 2.96 bits per heavy atom. The number of aromatic hydroxyl groups is 1. The molecule has 1 aromatic carbocycles. The van der Waals surface area contributed by atoms with Crippen molar-refractivity contribution in [1.82, 2.24) is 20.2 Å². The topological polar surface area (TPSA) is 81.2 Å². The Balaban J connectivity index is 1.62. The van der Waals surface area contributed by atoms with E-state index >= 15 is 0 Å². The van der Waals surface area contributed by atoms with Crippen LogP contribution in [0.1, 0.15) is 47.8 Å². The van der Waals surface area contributed by atoms with Gasteiger partial charge in [0, 0.05) is 18.5 Å². The van der Waals surface area contributed by atoms with Crippen LogP contribution in [0.25, 0.3) is 11.0 Å². The van der Waals surface area contributed by atoms with Crippen LogP contribution in [0.4, 0.5) is 0 Å². The smallest absolute Gasteiger partial charge is 0.253 e. The van der Waals surface area contributed by atoms with Crippen LogP contribution in [0.3, 0.4) is 0 Å². The van der Waals surface area contributed by atoms with Crippen molar-refractivity contribution in [3.8, 4) is 5.75 Å². The van der Waals surface area contributed by atoms with Crippen LogP contribution < -0.4 is 5.32 Å². The molecule has 0 spiro atoms. The van der Waals surface area contributed by atoms with E-state index in [1.165, 1.54) is 0 Å². The number of hydrogen-bond acceptors (Lipinski definition) is 4. The van der Waals surface area contributed by atoms with Crippen LogP contribution in [0.15, 0.2) is 12.1 Å². The number of nitrogens with one attached hydrogen (secondary N) is 2. The molecule has 1 amide bonds. The van der Waals surface area contributed by atoms with Crippen molar-refractivity contribution < 1.29 is 9.90 Å². The van der Waals surface area contributed by atoms with Crippen LogP contribution in [0, 0.1) is 0 Å². The van der Waals surface area contributed by atoms with Crippen molar-refractivity contribution in [2.45, 2.75) is 37.6 Å². The van der Waals surface area contributed by atoms with Gasteiger partial charge >= 0.3 is 0 Å². The van der Waals surface area contributed by atoms with Gasteiger partial charge in [-0.3, -0.25) is 4.79 Å². The lowest BCUT2D eigenvalue weighted by Crippen LogP contribution is -2.46. The molecule has 2 aromatic rings. The number of H-pyrrole nitrogens is 1. The van der Waals surface area contributed by atoms with Crippen LogP contribution in [-0.4, -0.2) is 52.1 Å². The van der Waals surface area contributed by atoms with E-state index in [2.05, 4.69) is 27.2 Å². The zero-order chi connectivity index (χ0) is 16.0. The minimum Gasteiger partial charge on any atom is -0.506 e. The molecule has 0 radical (unpaired) electrons. The highest BCUT2D eigenvalue weighted by molar-refractivity contribution is 6.06. The molecule has 1 saturated carbocycles. The summed E-state index contributed by atoms with van der Waals surface area (Å²) in [5.74, 6) is 1.36. The number of fused-ring (bicyclic) bond motifs is 1. The monoisotopic (exact) mass is 314 g/mol. The van der Waals surface area contributed by atoms with Gasteiger partial charge in [-0.15, -0.1) is 0 Å². The fourth-order valence-corrected chi connectivity index (χ4v) is 3.38. The second-order valence-electron chi connectivity index (χ2n) is 6.83. The quantitative estimate of drug-likeness (QED) is 0.809. The van der Waals surface area contributed by atoms with E-state index in [0.717, 1.165) is 44.6 Å². The van der Waals surface area contributed by atoms with Crippen LogP contribution in [-0.2, 0) is 0 Å². The Bertz CT molecular complexity index is 750. The maximum Gasteiger partial charge on any atom is 0.253 e. The molecule has 1 aliphatic heterocycles. The molecule has 1 saturated heterocycles. The van der Waals surface area contributed by atoms with Gasteiger partial charge in [0.2, 0.25) is 0 Å². The number of piperidine rings is 1. The first-order valence-corrected chi connectivity index (χ1v) is 8.33. The van der Waals surface area contributed by atoms with Crippen LogP contribution >= 0.6 is 0 Å². The summed E-state index contributed by atoms with van der Waals surface area (Å²) < 4.78 is 0. The van der Waals surface area contributed by atoms with E-state index in [1.54, 1.807) is 12.1 Å². The number of hydrogen-bond donors (Lipinski definition) is 3. The Morgan fingerprint density at radius 2 is 2.22 bits per heavy atom. The summed E-state index contributed by atoms with van der Waals surface area (Å²) in [5.41, 5.74) is 1.71. The van der Waals surface area contributed by atoms with Gasteiger partial charge in [-0.2, -0.15) is 0 Å². The molecular formula is C17H22N4O2. The van der Waals surface area contributed by atoms with E-state index in [9.17, 15) is 9.90 Å². The molecule has 6 heteroatoms. The van der Waals surface area contributed by atoms with E-state index in [-0.39, 0.29) is 17.7 Å². The molecule has 2 fully saturated rings. The van der Waals surface area contributed by atoms with Gasteiger partial charge in [0.05, 0.1) is 11.1 Å². The number of benzene rings is 1. The molecule has 122 valence electrons. The summed E-state index contributed by atoms with van der Waals surface area (Å²) in [6, 6.07) is 3.41. The van der Waals surface area contributed by atoms with Crippen molar-refractivity contribution in [2.24, 2.45) is 0 Å². The lowest BCUT2D eigenvalue weighted by molar-refractivity contribution is 0.0914. The van der Waals surface area contributed by atoms with Gasteiger partial charge in [0.25, 0.3) is 5.91 Å². The summed E-state index contributed by atoms with van der Waals surface area (Å²) in [6.07, 6.45) is 4.35. The Morgan fingerprint density at radius 1 is 1.39 bits per heavy atom. The Labute approximate surface area is 134 Å². The molecule has 1 unspecified atom stereocenters. The number of phenolic OH excluding ortho intramolecular Hbond substituents is 1. The van der Waals surface area contributed by atoms with Gasteiger partial charge < -0.3 is 20.3 Å². The Kier molecular flexibility index (Phi) is 3.49. The molecule has 2 heterocycles. The molecule has 6 nitrogen and oxygen atoms in total. The van der Waals surface area contributed by atoms with Gasteiger partial charge in [0.15, 0.2) is 0 Å². The van der Waals surface area contributed by atoms with Crippen molar-refractivity contribution in [1.29, 1.82) is 0 Å². The third-order valence-corrected chi connectivity index (χ3v) is 4.81. The van der Waals surface area contributed by atoms with Crippen molar-refractivity contribution >= 4 is 16.9 Å². The average molecular weight is 314 g/mol. The molecule has 4 rings (SSSR count). The lowest BCUT2D eigenvalue weighted by atomic mass is 10.1. The highest BCUT2D eigenvalue weighted by Gasteiger charge is 2.29. The van der Waals surface area contributed by atoms with Gasteiger partial charge in [-0.25, -0.2) is 4.98 Å². The maximum atomic E-state index is 12.7. The Hall–Kier alpha value is -2.08. The minimum atomic E-state index is -0.0960. The standard InChI is InChI=1S/C17H22N4O2/c1-21-8-2-3-11(9-21)18-17(23)12-6-7-13(22)15-14(12)19-16(20-15)10-4-5-10/h6-7,10-11,22H,2-5,8-9H2,1H3,(H,18,23)(H,19,20). The molecule has 23 heavy (non-hydrogen) atoms. The normalized spacial score (nSPS) is 22.4. The predicted molar refractivity (Wildman–Crippen MR) is 87.7 cm³/mol. The van der Waals surface area contributed by atoms with E-state index < -0.39 is 0 Å². The van der Waals surface area contributed by atoms with E-state index in [4.69, 9.17) is 0 Å². The van der Waals surface area contributed by atoms with Crippen LogP contribution in [0.2, 0.25) is 0 Å². The highest BCUT2D eigenvalue weighted by atomic mass is 16.3. The number of aromatic amines is 1. The number of carbonyl (C=O) groups is 1. The second-order valence-corrected chi connectivity index (χ2v) is 6.83. The molecular weight excluding hydrogens is 292 g/mol. The van der Waals surface area contributed by atoms with Gasteiger partial charge in [-0.05, 0) is 51.4 Å². The zero-order valence-electron chi connectivity index (χ0n) is 13.3. The summed E-state index contributed by atoms with van der Waals surface area (Å²) in [6.45, 7) is 1.96. The first-order chi connectivity index (χ1) is 11.1. The van der Waals surface area contributed by atoms with Gasteiger partial charge in [-0.1, -0.05) is 0 Å². The third kappa shape index (κ3) is 2.79.